The van der Waals surface area contributed by atoms with Crippen LogP contribution in [0.3, 0.4) is 0 Å². The number of ether oxygens (including phenoxy) is 1. The molecule has 5 rings (SSSR count). The van der Waals surface area contributed by atoms with Crippen LogP contribution in [0.4, 0.5) is 18.0 Å². The Morgan fingerprint density at radius 3 is 2.41 bits per heavy atom. The van der Waals surface area contributed by atoms with Crippen LogP contribution in [-0.2, 0) is 9.53 Å². The standard InChI is InChI=1S/C28H30F3N3O3/c1-28(2,3)37-27(36)34-9-8-22(34)26(35)32-14-15-10-17(11-15)23-20-12-19(30)13-21(31)25(20)33-24(23)16-4-6-18(29)7-5-16/h4-7,12-13,15,17,22,33H,8-11,14H2,1-3H3,(H,32,35)/t15-,17-,22-/m1/s1. The zero-order valence-electron chi connectivity index (χ0n) is 21.0. The van der Waals surface area contributed by atoms with Gasteiger partial charge in [-0.05, 0) is 93.3 Å². The molecule has 0 spiro atoms. The quantitative estimate of drug-likeness (QED) is 0.448. The predicted octanol–water partition coefficient (Wildman–Crippen LogP) is 5.87. The number of aromatic nitrogens is 1. The number of fused-ring (bicyclic) bond motifs is 1. The van der Waals surface area contributed by atoms with Crippen LogP contribution in [0.1, 0.15) is 51.5 Å². The number of rotatable bonds is 5. The SMILES string of the molecule is CC(C)(C)OC(=O)N1CC[C@@H]1C(=O)NC[C@H]1C[C@H](c2c(-c3ccc(F)cc3)[nH]c3c(F)cc(F)cc32)C1. The van der Waals surface area contributed by atoms with Gasteiger partial charge in [0.1, 0.15) is 29.1 Å². The molecule has 1 aromatic heterocycles. The molecule has 6 nitrogen and oxygen atoms in total. The van der Waals surface area contributed by atoms with Crippen LogP contribution >= 0.6 is 0 Å². The van der Waals surface area contributed by atoms with Gasteiger partial charge in [-0.25, -0.2) is 18.0 Å². The van der Waals surface area contributed by atoms with Gasteiger partial charge < -0.3 is 15.0 Å². The van der Waals surface area contributed by atoms with E-state index in [2.05, 4.69) is 10.3 Å². The number of amides is 2. The number of carbonyl (C=O) groups excluding carboxylic acids is 2. The van der Waals surface area contributed by atoms with E-state index in [0.717, 1.165) is 24.5 Å². The lowest BCUT2D eigenvalue weighted by Gasteiger charge is -2.41. The van der Waals surface area contributed by atoms with Gasteiger partial charge in [0.15, 0.2) is 0 Å². The Labute approximate surface area is 213 Å². The molecule has 3 aromatic rings. The maximum absolute atomic E-state index is 14.6. The summed E-state index contributed by atoms with van der Waals surface area (Å²) >= 11 is 0. The zero-order valence-corrected chi connectivity index (χ0v) is 21.0. The van der Waals surface area contributed by atoms with Crippen LogP contribution in [0.25, 0.3) is 22.2 Å². The summed E-state index contributed by atoms with van der Waals surface area (Å²) in [6.45, 7) is 6.28. The molecule has 2 amide bonds. The number of carbonyl (C=O) groups is 2. The second kappa shape index (κ2) is 9.43. The van der Waals surface area contributed by atoms with Crippen molar-refractivity contribution >= 4 is 22.9 Å². The highest BCUT2D eigenvalue weighted by Gasteiger charge is 2.41. The van der Waals surface area contributed by atoms with Crippen molar-refractivity contribution in [3.8, 4) is 11.3 Å². The van der Waals surface area contributed by atoms with Crippen molar-refractivity contribution in [1.29, 1.82) is 0 Å². The molecular weight excluding hydrogens is 483 g/mol. The molecule has 0 radical (unpaired) electrons. The number of benzene rings is 2. The maximum atomic E-state index is 14.6. The fourth-order valence-electron chi connectivity index (χ4n) is 5.21. The predicted molar refractivity (Wildman–Crippen MR) is 133 cm³/mol. The van der Waals surface area contributed by atoms with Gasteiger partial charge in [-0.15, -0.1) is 0 Å². The first-order valence-electron chi connectivity index (χ1n) is 12.5. The Balaban J connectivity index is 1.26. The molecular formula is C28H30F3N3O3. The van der Waals surface area contributed by atoms with E-state index < -0.39 is 29.4 Å². The smallest absolute Gasteiger partial charge is 0.410 e. The molecule has 196 valence electrons. The number of hydrogen-bond donors (Lipinski definition) is 2. The van der Waals surface area contributed by atoms with Crippen LogP contribution < -0.4 is 5.32 Å². The second-order valence-electron chi connectivity index (χ2n) is 11.0. The summed E-state index contributed by atoms with van der Waals surface area (Å²) in [6.07, 6.45) is 1.54. The van der Waals surface area contributed by atoms with Crippen LogP contribution in [0.15, 0.2) is 36.4 Å². The van der Waals surface area contributed by atoms with E-state index >= 15 is 0 Å². The van der Waals surface area contributed by atoms with E-state index in [4.69, 9.17) is 4.74 Å². The van der Waals surface area contributed by atoms with Crippen molar-refractivity contribution < 1.29 is 27.5 Å². The Kier molecular flexibility index (Phi) is 6.41. The summed E-state index contributed by atoms with van der Waals surface area (Å²) in [5.74, 6) is -1.71. The number of likely N-dealkylation sites (tertiary alicyclic amines) is 1. The Morgan fingerprint density at radius 2 is 1.78 bits per heavy atom. The number of nitrogens with one attached hydrogen (secondary N) is 2. The summed E-state index contributed by atoms with van der Waals surface area (Å²) in [6, 6.07) is 7.54. The molecule has 1 atom stereocenters. The highest BCUT2D eigenvalue weighted by atomic mass is 19.1. The normalized spacial score (nSPS) is 21.4. The summed E-state index contributed by atoms with van der Waals surface area (Å²) < 4.78 is 47.6. The van der Waals surface area contributed by atoms with Crippen molar-refractivity contribution in [3.63, 3.8) is 0 Å². The first-order valence-corrected chi connectivity index (χ1v) is 12.5. The zero-order chi connectivity index (χ0) is 26.5. The minimum absolute atomic E-state index is 0.0267. The molecule has 1 aliphatic heterocycles. The number of hydrogen-bond acceptors (Lipinski definition) is 3. The lowest BCUT2D eigenvalue weighted by molar-refractivity contribution is -0.130. The molecule has 2 N–H and O–H groups in total. The fourth-order valence-corrected chi connectivity index (χ4v) is 5.21. The third-order valence-corrected chi connectivity index (χ3v) is 7.16. The van der Waals surface area contributed by atoms with Crippen molar-refractivity contribution in [3.05, 3.63) is 59.4 Å². The van der Waals surface area contributed by atoms with Gasteiger partial charge in [0, 0.05) is 24.5 Å². The molecule has 37 heavy (non-hydrogen) atoms. The minimum Gasteiger partial charge on any atom is -0.444 e. The first kappa shape index (κ1) is 25.2. The molecule has 2 aromatic carbocycles. The Hall–Kier alpha value is -3.49. The molecule has 1 aliphatic carbocycles. The van der Waals surface area contributed by atoms with E-state index in [9.17, 15) is 22.8 Å². The Bertz CT molecular complexity index is 1340. The molecule has 2 aliphatic rings. The van der Waals surface area contributed by atoms with Crippen molar-refractivity contribution in [2.75, 3.05) is 13.1 Å². The molecule has 0 unspecified atom stereocenters. The third-order valence-electron chi connectivity index (χ3n) is 7.16. The van der Waals surface area contributed by atoms with E-state index in [1.54, 1.807) is 32.9 Å². The molecule has 2 fully saturated rings. The fraction of sp³-hybridized carbons (Fsp3) is 0.429. The average molecular weight is 514 g/mol. The number of aromatic amines is 1. The van der Waals surface area contributed by atoms with Crippen LogP contribution in [-0.4, -0.2) is 46.6 Å². The molecule has 1 saturated carbocycles. The van der Waals surface area contributed by atoms with E-state index in [0.29, 0.717) is 36.2 Å². The van der Waals surface area contributed by atoms with Gasteiger partial charge in [0.05, 0.1) is 11.2 Å². The highest BCUT2D eigenvalue weighted by Crippen LogP contribution is 2.48. The minimum atomic E-state index is -0.678. The summed E-state index contributed by atoms with van der Waals surface area (Å²) in [5.41, 5.74) is 1.73. The topological polar surface area (TPSA) is 74.4 Å². The number of halogens is 3. The van der Waals surface area contributed by atoms with E-state index in [-0.39, 0.29) is 29.1 Å². The van der Waals surface area contributed by atoms with Gasteiger partial charge in [-0.1, -0.05) is 0 Å². The summed E-state index contributed by atoms with van der Waals surface area (Å²) in [7, 11) is 0. The van der Waals surface area contributed by atoms with Gasteiger partial charge >= 0.3 is 6.09 Å². The third kappa shape index (κ3) is 5.04. The van der Waals surface area contributed by atoms with Crippen LogP contribution in [0.2, 0.25) is 0 Å². The largest absolute Gasteiger partial charge is 0.444 e. The first-order chi connectivity index (χ1) is 17.5. The number of H-pyrrole nitrogens is 1. The van der Waals surface area contributed by atoms with Crippen molar-refractivity contribution in [1.82, 2.24) is 15.2 Å². The van der Waals surface area contributed by atoms with Gasteiger partial charge in [0.2, 0.25) is 5.91 Å². The molecule has 9 heteroatoms. The molecule has 0 bridgehead atoms. The Morgan fingerprint density at radius 1 is 1.08 bits per heavy atom. The summed E-state index contributed by atoms with van der Waals surface area (Å²) in [5, 5.41) is 3.43. The van der Waals surface area contributed by atoms with Crippen molar-refractivity contribution in [2.24, 2.45) is 5.92 Å². The average Bonchev–Trinajstić information content (AvgIpc) is 3.10. The van der Waals surface area contributed by atoms with Crippen molar-refractivity contribution in [2.45, 2.75) is 57.6 Å². The maximum Gasteiger partial charge on any atom is 0.410 e. The van der Waals surface area contributed by atoms with Crippen LogP contribution in [0, 0.1) is 23.4 Å². The van der Waals surface area contributed by atoms with Gasteiger partial charge in [0.25, 0.3) is 0 Å². The van der Waals surface area contributed by atoms with Gasteiger partial charge in [-0.3, -0.25) is 9.69 Å². The van der Waals surface area contributed by atoms with E-state index in [1.165, 1.54) is 23.1 Å². The van der Waals surface area contributed by atoms with Crippen LogP contribution in [0.5, 0.6) is 0 Å². The van der Waals surface area contributed by atoms with E-state index in [1.807, 2.05) is 0 Å². The highest BCUT2D eigenvalue weighted by molar-refractivity contribution is 5.92. The lowest BCUT2D eigenvalue weighted by atomic mass is 9.70. The lowest BCUT2D eigenvalue weighted by Crippen LogP contribution is -2.59. The second-order valence-corrected chi connectivity index (χ2v) is 11.0. The molecule has 2 heterocycles. The molecule has 1 saturated heterocycles. The summed E-state index contributed by atoms with van der Waals surface area (Å²) in [4.78, 5) is 29.5. The van der Waals surface area contributed by atoms with Gasteiger partial charge in [-0.2, -0.15) is 0 Å². The monoisotopic (exact) mass is 513 g/mol. The number of nitrogens with zero attached hydrogens (tertiary/aromatic N) is 1.